The highest BCUT2D eigenvalue weighted by molar-refractivity contribution is 7.80. The molecule has 0 bridgehead atoms. The fraction of sp³-hybridized carbons (Fsp3) is 0.111. The van der Waals surface area contributed by atoms with Gasteiger partial charge in [0.15, 0.2) is 5.11 Å². The molecule has 0 saturated heterocycles. The average Bonchev–Trinajstić information content (AvgIpc) is 2.14. The third kappa shape index (κ3) is 3.06. The second kappa shape index (κ2) is 4.58. The zero-order chi connectivity index (χ0) is 13.2. The van der Waals surface area contributed by atoms with Gasteiger partial charge in [0.1, 0.15) is 0 Å². The lowest BCUT2D eigenvalue weighted by molar-refractivity contribution is -0.138. The van der Waals surface area contributed by atoms with E-state index in [4.69, 9.17) is 10.8 Å². The van der Waals surface area contributed by atoms with Gasteiger partial charge in [-0.3, -0.25) is 0 Å². The number of aromatic carboxylic acids is 1. The van der Waals surface area contributed by atoms with Crippen LogP contribution in [0.25, 0.3) is 0 Å². The van der Waals surface area contributed by atoms with Gasteiger partial charge in [-0.25, -0.2) is 4.79 Å². The second-order valence-electron chi connectivity index (χ2n) is 3.02. The smallest absolute Gasteiger partial charge is 0.417 e. The molecule has 1 rings (SSSR count). The zero-order valence-corrected chi connectivity index (χ0v) is 9.02. The van der Waals surface area contributed by atoms with E-state index in [0.717, 1.165) is 12.1 Å². The number of carboxylic acid groups (broad SMARTS) is 1. The van der Waals surface area contributed by atoms with Gasteiger partial charge in [-0.15, -0.1) is 0 Å². The number of nitrogens with one attached hydrogen (secondary N) is 1. The average molecular weight is 264 g/mol. The largest absolute Gasteiger partial charge is 0.478 e. The van der Waals surface area contributed by atoms with E-state index in [1.54, 1.807) is 0 Å². The lowest BCUT2D eigenvalue weighted by Gasteiger charge is -2.14. The van der Waals surface area contributed by atoms with Crippen molar-refractivity contribution in [2.45, 2.75) is 6.18 Å². The van der Waals surface area contributed by atoms with Gasteiger partial charge in [-0.2, -0.15) is 13.2 Å². The molecule has 4 nitrogen and oxygen atoms in total. The molecule has 0 aliphatic heterocycles. The van der Waals surface area contributed by atoms with Crippen molar-refractivity contribution < 1.29 is 23.1 Å². The number of thiocarbonyl (C=S) groups is 1. The van der Waals surface area contributed by atoms with Crippen LogP contribution in [0.2, 0.25) is 0 Å². The minimum Gasteiger partial charge on any atom is -0.478 e. The summed E-state index contributed by atoms with van der Waals surface area (Å²) in [6.07, 6.45) is -4.76. The Labute approximate surface area is 99.2 Å². The van der Waals surface area contributed by atoms with Crippen molar-refractivity contribution in [3.8, 4) is 0 Å². The third-order valence-corrected chi connectivity index (χ3v) is 1.94. The number of hydrogen-bond donors (Lipinski definition) is 3. The van der Waals surface area contributed by atoms with E-state index >= 15 is 0 Å². The van der Waals surface area contributed by atoms with Crippen molar-refractivity contribution in [1.82, 2.24) is 0 Å². The number of halogens is 3. The molecule has 0 aliphatic rings. The van der Waals surface area contributed by atoms with Crippen LogP contribution in [0.5, 0.6) is 0 Å². The highest BCUT2D eigenvalue weighted by Crippen LogP contribution is 2.35. The van der Waals surface area contributed by atoms with Crippen molar-refractivity contribution >= 4 is 29.0 Å². The molecule has 0 spiro atoms. The standard InChI is InChI=1S/C9H7F3N2O2S/c10-9(11,12)4-2-1-3-5(14-8(13)17)6(4)7(15)16/h1-3H,(H,15,16)(H3,13,14,17). The molecule has 0 aliphatic carbocycles. The first-order valence-electron chi connectivity index (χ1n) is 4.23. The van der Waals surface area contributed by atoms with Gasteiger partial charge in [0.05, 0.1) is 16.8 Å². The minimum absolute atomic E-state index is 0.292. The summed E-state index contributed by atoms with van der Waals surface area (Å²) in [4.78, 5) is 10.8. The van der Waals surface area contributed by atoms with E-state index in [1.807, 2.05) is 0 Å². The molecule has 0 amide bonds. The Hall–Kier alpha value is -1.83. The quantitative estimate of drug-likeness (QED) is 0.713. The van der Waals surface area contributed by atoms with E-state index in [1.165, 1.54) is 0 Å². The van der Waals surface area contributed by atoms with Crippen LogP contribution >= 0.6 is 12.2 Å². The Morgan fingerprint density at radius 1 is 1.41 bits per heavy atom. The van der Waals surface area contributed by atoms with Gasteiger partial charge in [0.2, 0.25) is 0 Å². The maximum Gasteiger partial charge on any atom is 0.417 e. The summed E-state index contributed by atoms with van der Waals surface area (Å²) in [7, 11) is 0. The summed E-state index contributed by atoms with van der Waals surface area (Å²) in [6, 6.07) is 2.89. The number of hydrogen-bond acceptors (Lipinski definition) is 2. The maximum absolute atomic E-state index is 12.6. The number of alkyl halides is 3. The van der Waals surface area contributed by atoms with Crippen molar-refractivity contribution in [3.05, 3.63) is 29.3 Å². The van der Waals surface area contributed by atoms with Crippen LogP contribution in [-0.4, -0.2) is 16.2 Å². The van der Waals surface area contributed by atoms with Gasteiger partial charge >= 0.3 is 12.1 Å². The number of benzene rings is 1. The molecule has 0 unspecified atom stereocenters. The van der Waals surface area contributed by atoms with Crippen molar-refractivity contribution in [3.63, 3.8) is 0 Å². The highest BCUT2D eigenvalue weighted by Gasteiger charge is 2.36. The third-order valence-electron chi connectivity index (χ3n) is 1.84. The van der Waals surface area contributed by atoms with E-state index in [2.05, 4.69) is 17.5 Å². The van der Waals surface area contributed by atoms with Crippen LogP contribution < -0.4 is 11.1 Å². The molecule has 8 heteroatoms. The lowest BCUT2D eigenvalue weighted by Crippen LogP contribution is -2.22. The number of nitrogens with two attached hydrogens (primary N) is 1. The van der Waals surface area contributed by atoms with Gasteiger partial charge in [0, 0.05) is 0 Å². The molecule has 0 atom stereocenters. The van der Waals surface area contributed by atoms with Crippen LogP contribution in [0.15, 0.2) is 18.2 Å². The van der Waals surface area contributed by atoms with Gasteiger partial charge in [-0.1, -0.05) is 6.07 Å². The number of carbonyl (C=O) groups is 1. The van der Waals surface area contributed by atoms with Crippen molar-refractivity contribution in [1.29, 1.82) is 0 Å². The Morgan fingerprint density at radius 3 is 2.41 bits per heavy atom. The Balaban J connectivity index is 3.43. The van der Waals surface area contributed by atoms with Crippen molar-refractivity contribution in [2.24, 2.45) is 5.73 Å². The molecule has 4 N–H and O–H groups in total. The predicted octanol–water partition coefficient (Wildman–Crippen LogP) is 2.06. The molecular formula is C9H7F3N2O2S. The first kappa shape index (κ1) is 13.2. The fourth-order valence-electron chi connectivity index (χ4n) is 1.26. The SMILES string of the molecule is NC(=S)Nc1cccc(C(F)(F)F)c1C(=O)O. The monoisotopic (exact) mass is 264 g/mol. The number of carboxylic acids is 1. The highest BCUT2D eigenvalue weighted by atomic mass is 32.1. The maximum atomic E-state index is 12.6. The second-order valence-corrected chi connectivity index (χ2v) is 3.46. The molecule has 1 aromatic rings. The van der Waals surface area contributed by atoms with Gasteiger partial charge < -0.3 is 16.2 Å². The summed E-state index contributed by atoms with van der Waals surface area (Å²) in [6.45, 7) is 0. The number of rotatable bonds is 2. The van der Waals surface area contributed by atoms with Gasteiger partial charge in [-0.05, 0) is 24.4 Å². The van der Waals surface area contributed by atoms with E-state index in [9.17, 15) is 18.0 Å². The molecule has 92 valence electrons. The number of anilines is 1. The molecule has 0 fully saturated rings. The zero-order valence-electron chi connectivity index (χ0n) is 8.21. The summed E-state index contributed by atoms with van der Waals surface area (Å²) in [5.41, 5.74) is 2.64. The van der Waals surface area contributed by atoms with E-state index < -0.39 is 23.3 Å². The van der Waals surface area contributed by atoms with Gasteiger partial charge in [0.25, 0.3) is 0 Å². The van der Waals surface area contributed by atoms with Crippen LogP contribution in [-0.2, 0) is 6.18 Å². The van der Waals surface area contributed by atoms with Crippen molar-refractivity contribution in [2.75, 3.05) is 5.32 Å². The molecular weight excluding hydrogens is 257 g/mol. The molecule has 1 aromatic carbocycles. The molecule has 0 radical (unpaired) electrons. The van der Waals surface area contributed by atoms with Crippen LogP contribution in [0, 0.1) is 0 Å². The van der Waals surface area contributed by atoms with Crippen LogP contribution in [0.4, 0.5) is 18.9 Å². The Morgan fingerprint density at radius 2 is 2.00 bits per heavy atom. The summed E-state index contributed by atoms with van der Waals surface area (Å²) in [5, 5.41) is 10.7. The Bertz CT molecular complexity index is 474. The van der Waals surface area contributed by atoms with Crippen LogP contribution in [0.3, 0.4) is 0 Å². The topological polar surface area (TPSA) is 75.3 Å². The molecule has 17 heavy (non-hydrogen) atoms. The van der Waals surface area contributed by atoms with E-state index in [-0.39, 0.29) is 10.8 Å². The molecule has 0 saturated carbocycles. The Kier molecular flexibility index (Phi) is 3.56. The minimum atomic E-state index is -4.76. The first-order chi connectivity index (χ1) is 7.73. The molecule has 0 heterocycles. The fourth-order valence-corrected chi connectivity index (χ4v) is 1.37. The summed E-state index contributed by atoms with van der Waals surface area (Å²) < 4.78 is 37.7. The first-order valence-corrected chi connectivity index (χ1v) is 4.64. The predicted molar refractivity (Wildman–Crippen MR) is 58.8 cm³/mol. The lowest BCUT2D eigenvalue weighted by atomic mass is 10.0. The van der Waals surface area contributed by atoms with Crippen LogP contribution in [0.1, 0.15) is 15.9 Å². The summed E-state index contributed by atoms with van der Waals surface area (Å²) in [5.74, 6) is -1.71. The normalized spacial score (nSPS) is 11.0. The molecule has 0 aromatic heterocycles. The van der Waals surface area contributed by atoms with E-state index in [0.29, 0.717) is 6.07 Å². The summed E-state index contributed by atoms with van der Waals surface area (Å²) >= 11 is 4.45.